The van der Waals surface area contributed by atoms with Crippen molar-refractivity contribution in [2.45, 2.75) is 97.1 Å². The summed E-state index contributed by atoms with van der Waals surface area (Å²) in [6, 6.07) is 0.264. The van der Waals surface area contributed by atoms with Crippen LogP contribution in [-0.4, -0.2) is 63.8 Å². The molecule has 7 heteroatoms. The highest BCUT2D eigenvalue weighted by Crippen LogP contribution is 2.33. The summed E-state index contributed by atoms with van der Waals surface area (Å²) in [4.78, 5) is 12.2. The lowest BCUT2D eigenvalue weighted by Crippen LogP contribution is -2.43. The molecule has 196 valence electrons. The molecule has 1 fully saturated rings. The minimum Gasteiger partial charge on any atom is -0.355 e. The Balaban J connectivity index is 1.96. The van der Waals surface area contributed by atoms with Crippen molar-refractivity contribution in [1.82, 2.24) is 21.3 Å². The zero-order chi connectivity index (χ0) is 24.3. The number of carbonyl (C=O) groups is 1. The minimum atomic E-state index is -0.386. The first-order valence-corrected chi connectivity index (χ1v) is 13.8. The van der Waals surface area contributed by atoms with E-state index in [2.05, 4.69) is 42.0 Å². The van der Waals surface area contributed by atoms with Crippen molar-refractivity contribution in [3.63, 3.8) is 0 Å². The molecule has 1 saturated carbocycles. The Morgan fingerprint density at radius 2 is 1.52 bits per heavy atom. The van der Waals surface area contributed by atoms with Crippen molar-refractivity contribution in [1.29, 1.82) is 0 Å². The second-order valence-electron chi connectivity index (χ2n) is 10.5. The number of amides is 1. The van der Waals surface area contributed by atoms with E-state index in [4.69, 9.17) is 11.5 Å². The van der Waals surface area contributed by atoms with E-state index >= 15 is 0 Å². The zero-order valence-corrected chi connectivity index (χ0v) is 22.0. The van der Waals surface area contributed by atoms with Crippen LogP contribution in [0.15, 0.2) is 0 Å². The molecule has 0 aromatic heterocycles. The molecule has 4 unspecified atom stereocenters. The van der Waals surface area contributed by atoms with Crippen LogP contribution in [0.4, 0.5) is 0 Å². The molecule has 1 aliphatic carbocycles. The van der Waals surface area contributed by atoms with Gasteiger partial charge >= 0.3 is 0 Å². The second-order valence-corrected chi connectivity index (χ2v) is 10.5. The van der Waals surface area contributed by atoms with Gasteiger partial charge in [0.05, 0.1) is 6.04 Å². The van der Waals surface area contributed by atoms with Gasteiger partial charge < -0.3 is 32.7 Å². The van der Waals surface area contributed by atoms with Crippen LogP contribution in [0, 0.1) is 17.8 Å². The highest BCUT2D eigenvalue weighted by Gasteiger charge is 2.29. The average molecular weight is 469 g/mol. The van der Waals surface area contributed by atoms with Crippen LogP contribution in [-0.2, 0) is 4.79 Å². The van der Waals surface area contributed by atoms with Crippen LogP contribution in [0.25, 0.3) is 0 Å². The van der Waals surface area contributed by atoms with E-state index in [-0.39, 0.29) is 11.9 Å². The van der Waals surface area contributed by atoms with Gasteiger partial charge in [0.25, 0.3) is 0 Å². The van der Waals surface area contributed by atoms with Gasteiger partial charge in [-0.05, 0) is 108 Å². The van der Waals surface area contributed by atoms with Gasteiger partial charge in [-0.25, -0.2) is 0 Å². The SMILES string of the molecule is CC1CCC(C(C)C)C(NCCCCC(N)C(=O)NCCCNCCCCNCCCN)C1. The lowest BCUT2D eigenvalue weighted by atomic mass is 9.74. The van der Waals surface area contributed by atoms with Gasteiger partial charge in [-0.3, -0.25) is 4.79 Å². The van der Waals surface area contributed by atoms with Crippen molar-refractivity contribution in [2.75, 3.05) is 45.8 Å². The van der Waals surface area contributed by atoms with Crippen LogP contribution in [0.2, 0.25) is 0 Å². The first-order chi connectivity index (χ1) is 16.0. The molecular formula is C26H56N6O. The highest BCUT2D eigenvalue weighted by atomic mass is 16.2. The molecule has 0 aliphatic heterocycles. The fourth-order valence-corrected chi connectivity index (χ4v) is 4.88. The molecule has 4 atom stereocenters. The first kappa shape index (κ1) is 30.3. The zero-order valence-electron chi connectivity index (χ0n) is 22.0. The topological polar surface area (TPSA) is 117 Å². The fourth-order valence-electron chi connectivity index (χ4n) is 4.88. The molecule has 7 nitrogen and oxygen atoms in total. The van der Waals surface area contributed by atoms with Gasteiger partial charge in [0.1, 0.15) is 0 Å². The van der Waals surface area contributed by atoms with Crippen molar-refractivity contribution in [3.05, 3.63) is 0 Å². The number of carbonyl (C=O) groups excluding carboxylic acids is 1. The number of rotatable bonds is 20. The molecule has 1 rings (SSSR count). The van der Waals surface area contributed by atoms with Crippen LogP contribution < -0.4 is 32.7 Å². The quantitative estimate of drug-likeness (QED) is 0.153. The molecule has 1 aliphatic rings. The predicted octanol–water partition coefficient (Wildman–Crippen LogP) is 2.35. The molecule has 33 heavy (non-hydrogen) atoms. The Labute approximate surface area is 204 Å². The van der Waals surface area contributed by atoms with Gasteiger partial charge in [-0.15, -0.1) is 0 Å². The van der Waals surface area contributed by atoms with Crippen LogP contribution in [0.5, 0.6) is 0 Å². The van der Waals surface area contributed by atoms with Crippen LogP contribution in [0.1, 0.15) is 85.0 Å². The molecule has 0 radical (unpaired) electrons. The predicted molar refractivity (Wildman–Crippen MR) is 141 cm³/mol. The van der Waals surface area contributed by atoms with E-state index in [1.807, 2.05) is 0 Å². The third kappa shape index (κ3) is 15.0. The Hall–Kier alpha value is -0.730. The maximum atomic E-state index is 12.2. The first-order valence-electron chi connectivity index (χ1n) is 13.8. The second kappa shape index (κ2) is 19.6. The molecule has 0 heterocycles. The van der Waals surface area contributed by atoms with Crippen molar-refractivity contribution in [3.8, 4) is 0 Å². The number of nitrogens with one attached hydrogen (secondary N) is 4. The van der Waals surface area contributed by atoms with E-state index in [9.17, 15) is 4.79 Å². The third-order valence-electron chi connectivity index (χ3n) is 7.05. The number of hydrogen-bond acceptors (Lipinski definition) is 6. The standard InChI is InChI=1S/C26H56N6O/c1-21(2)23-12-11-22(3)20-25(23)31-18-5-4-10-24(28)26(33)32-19-9-17-30-15-7-6-14-29-16-8-13-27/h21-25,29-31H,4-20,27-28H2,1-3H3,(H,32,33). The van der Waals surface area contributed by atoms with Crippen molar-refractivity contribution < 1.29 is 4.79 Å². The summed E-state index contributed by atoms with van der Waals surface area (Å²) in [6.45, 7) is 13.6. The Morgan fingerprint density at radius 1 is 0.879 bits per heavy atom. The molecule has 0 saturated heterocycles. The molecule has 0 bridgehead atoms. The van der Waals surface area contributed by atoms with Gasteiger partial charge in [-0.2, -0.15) is 0 Å². The lowest BCUT2D eigenvalue weighted by molar-refractivity contribution is -0.122. The molecule has 1 amide bonds. The van der Waals surface area contributed by atoms with Gasteiger partial charge in [0, 0.05) is 12.6 Å². The summed E-state index contributed by atoms with van der Waals surface area (Å²) < 4.78 is 0. The van der Waals surface area contributed by atoms with Crippen LogP contribution in [0.3, 0.4) is 0 Å². The monoisotopic (exact) mass is 468 g/mol. The molecule has 8 N–H and O–H groups in total. The fraction of sp³-hybridized carbons (Fsp3) is 0.962. The lowest BCUT2D eigenvalue weighted by Gasteiger charge is -2.38. The molecular weight excluding hydrogens is 412 g/mol. The van der Waals surface area contributed by atoms with E-state index in [1.54, 1.807) is 0 Å². The number of unbranched alkanes of at least 4 members (excludes halogenated alkanes) is 2. The Morgan fingerprint density at radius 3 is 2.18 bits per heavy atom. The van der Waals surface area contributed by atoms with E-state index in [0.29, 0.717) is 12.6 Å². The maximum absolute atomic E-state index is 12.2. The minimum absolute atomic E-state index is 0.00695. The highest BCUT2D eigenvalue weighted by molar-refractivity contribution is 5.81. The van der Waals surface area contributed by atoms with Gasteiger partial charge in [0.15, 0.2) is 0 Å². The Bertz CT molecular complexity index is 476. The normalized spacial score (nSPS) is 21.9. The molecule has 0 aromatic carbocycles. The van der Waals surface area contributed by atoms with Crippen LogP contribution >= 0.6 is 0 Å². The summed E-state index contributed by atoms with van der Waals surface area (Å²) in [5, 5.41) is 13.6. The summed E-state index contributed by atoms with van der Waals surface area (Å²) in [7, 11) is 0. The van der Waals surface area contributed by atoms with E-state index < -0.39 is 0 Å². The largest absolute Gasteiger partial charge is 0.355 e. The van der Waals surface area contributed by atoms with Gasteiger partial charge in [0.2, 0.25) is 5.91 Å². The third-order valence-corrected chi connectivity index (χ3v) is 7.05. The summed E-state index contributed by atoms with van der Waals surface area (Å²) in [6.07, 6.45) is 11.2. The summed E-state index contributed by atoms with van der Waals surface area (Å²) in [5.74, 6) is 2.37. The van der Waals surface area contributed by atoms with E-state index in [1.165, 1.54) is 32.1 Å². The maximum Gasteiger partial charge on any atom is 0.236 e. The van der Waals surface area contributed by atoms with E-state index in [0.717, 1.165) is 89.1 Å². The van der Waals surface area contributed by atoms with Crippen molar-refractivity contribution >= 4 is 5.91 Å². The average Bonchev–Trinajstić information content (AvgIpc) is 2.79. The summed E-state index contributed by atoms with van der Waals surface area (Å²) in [5.41, 5.74) is 11.6. The summed E-state index contributed by atoms with van der Waals surface area (Å²) >= 11 is 0. The van der Waals surface area contributed by atoms with Gasteiger partial charge in [-0.1, -0.05) is 33.6 Å². The van der Waals surface area contributed by atoms with Crippen molar-refractivity contribution in [2.24, 2.45) is 29.2 Å². The number of hydrogen-bond donors (Lipinski definition) is 6. The molecule has 0 aromatic rings. The Kier molecular flexibility index (Phi) is 18.0. The smallest absolute Gasteiger partial charge is 0.236 e. The molecule has 0 spiro atoms. The number of nitrogens with two attached hydrogens (primary N) is 2.